The lowest BCUT2D eigenvalue weighted by Crippen LogP contribution is -2.22. The van der Waals surface area contributed by atoms with Gasteiger partial charge in [-0.05, 0) is 50.3 Å². The molecule has 1 unspecified atom stereocenters. The Kier molecular flexibility index (Phi) is 5.48. The fourth-order valence-corrected chi connectivity index (χ4v) is 2.02. The van der Waals surface area contributed by atoms with Crippen LogP contribution in [0.1, 0.15) is 51.5 Å². The second-order valence-electron chi connectivity index (χ2n) is 5.31. The summed E-state index contributed by atoms with van der Waals surface area (Å²) < 4.78 is 5.42. The van der Waals surface area contributed by atoms with Crippen LogP contribution in [0.15, 0.2) is 24.3 Å². The molecule has 0 aliphatic heterocycles. The van der Waals surface area contributed by atoms with Gasteiger partial charge in [0.15, 0.2) is 0 Å². The van der Waals surface area contributed by atoms with E-state index >= 15 is 0 Å². The molecule has 17 heavy (non-hydrogen) atoms. The van der Waals surface area contributed by atoms with E-state index in [0.29, 0.717) is 5.92 Å². The molecule has 1 aromatic carbocycles. The molecule has 0 fully saturated rings. The zero-order chi connectivity index (χ0) is 12.9. The lowest BCUT2D eigenvalue weighted by atomic mass is 9.92. The molecule has 1 rings (SSSR count). The average molecular weight is 255 g/mol. The summed E-state index contributed by atoms with van der Waals surface area (Å²) in [6.07, 6.45) is 3.47. The Morgan fingerprint density at radius 1 is 1.24 bits per heavy atom. The first-order chi connectivity index (χ1) is 7.94. The zero-order valence-corrected chi connectivity index (χ0v) is 12.1. The molecule has 96 valence electrons. The van der Waals surface area contributed by atoms with Crippen molar-refractivity contribution in [3.8, 4) is 0 Å². The predicted molar refractivity (Wildman–Crippen MR) is 74.8 cm³/mol. The van der Waals surface area contributed by atoms with Crippen LogP contribution in [0.2, 0.25) is 5.02 Å². The highest BCUT2D eigenvalue weighted by Crippen LogP contribution is 2.25. The van der Waals surface area contributed by atoms with E-state index in [0.717, 1.165) is 11.4 Å². The van der Waals surface area contributed by atoms with Crippen molar-refractivity contribution in [2.24, 2.45) is 0 Å². The smallest absolute Gasteiger partial charge is 0.0622 e. The molecule has 1 nitrogen and oxygen atoms in total. The van der Waals surface area contributed by atoms with Gasteiger partial charge in [0.25, 0.3) is 0 Å². The Morgan fingerprint density at radius 3 is 2.35 bits per heavy atom. The third-order valence-electron chi connectivity index (χ3n) is 3.41. The Morgan fingerprint density at radius 2 is 1.82 bits per heavy atom. The maximum atomic E-state index is 5.88. The molecular weight excluding hydrogens is 232 g/mol. The van der Waals surface area contributed by atoms with E-state index in [1.807, 2.05) is 12.1 Å². The number of benzene rings is 1. The molecular formula is C15H23ClO. The van der Waals surface area contributed by atoms with E-state index in [-0.39, 0.29) is 5.60 Å². The molecule has 0 amide bonds. The maximum absolute atomic E-state index is 5.88. The van der Waals surface area contributed by atoms with Crippen LogP contribution in [-0.2, 0) is 4.74 Å². The Bertz CT molecular complexity index is 329. The summed E-state index contributed by atoms with van der Waals surface area (Å²) in [6, 6.07) is 8.17. The van der Waals surface area contributed by atoms with Gasteiger partial charge in [-0.3, -0.25) is 0 Å². The van der Waals surface area contributed by atoms with E-state index in [4.69, 9.17) is 16.3 Å². The third kappa shape index (κ3) is 5.10. The Balaban J connectivity index is 2.40. The molecule has 0 radical (unpaired) electrons. The monoisotopic (exact) mass is 254 g/mol. The van der Waals surface area contributed by atoms with Crippen LogP contribution in [0.5, 0.6) is 0 Å². The number of ether oxygens (including phenoxy) is 1. The minimum Gasteiger partial charge on any atom is -0.379 e. The van der Waals surface area contributed by atoms with Gasteiger partial charge in [-0.1, -0.05) is 37.1 Å². The SMILES string of the molecule is COC(C)(C)CCCC(C)c1ccc(Cl)cc1. The number of hydrogen-bond acceptors (Lipinski definition) is 1. The summed E-state index contributed by atoms with van der Waals surface area (Å²) in [5.41, 5.74) is 1.37. The summed E-state index contributed by atoms with van der Waals surface area (Å²) in [5, 5.41) is 0.807. The minimum atomic E-state index is -0.000282. The van der Waals surface area contributed by atoms with Gasteiger partial charge in [-0.2, -0.15) is 0 Å². The lowest BCUT2D eigenvalue weighted by Gasteiger charge is -2.23. The molecule has 0 saturated heterocycles. The van der Waals surface area contributed by atoms with Gasteiger partial charge in [-0.15, -0.1) is 0 Å². The van der Waals surface area contributed by atoms with E-state index in [2.05, 4.69) is 32.9 Å². The van der Waals surface area contributed by atoms with Crippen molar-refractivity contribution in [2.45, 2.75) is 51.6 Å². The molecule has 1 atom stereocenters. The normalized spacial score (nSPS) is 13.7. The van der Waals surface area contributed by atoms with Gasteiger partial charge in [0.1, 0.15) is 0 Å². The molecule has 0 aromatic heterocycles. The standard InChI is InChI=1S/C15H23ClO/c1-12(6-5-11-15(2,3)17-4)13-7-9-14(16)10-8-13/h7-10,12H,5-6,11H2,1-4H3. The van der Waals surface area contributed by atoms with E-state index in [9.17, 15) is 0 Å². The Labute approximate surface area is 110 Å². The van der Waals surface area contributed by atoms with Crippen LogP contribution in [0.25, 0.3) is 0 Å². The van der Waals surface area contributed by atoms with Crippen molar-refractivity contribution >= 4 is 11.6 Å². The fraction of sp³-hybridized carbons (Fsp3) is 0.600. The number of hydrogen-bond donors (Lipinski definition) is 0. The van der Waals surface area contributed by atoms with Crippen molar-refractivity contribution in [3.63, 3.8) is 0 Å². The van der Waals surface area contributed by atoms with Gasteiger partial charge in [0.05, 0.1) is 5.60 Å². The molecule has 1 aromatic rings. The second-order valence-corrected chi connectivity index (χ2v) is 5.75. The van der Waals surface area contributed by atoms with Gasteiger partial charge < -0.3 is 4.74 Å². The molecule has 0 aliphatic rings. The first kappa shape index (κ1) is 14.5. The van der Waals surface area contributed by atoms with E-state index < -0.39 is 0 Å². The number of rotatable bonds is 6. The Hall–Kier alpha value is -0.530. The van der Waals surface area contributed by atoms with Crippen molar-refractivity contribution in [2.75, 3.05) is 7.11 Å². The van der Waals surface area contributed by atoms with Crippen LogP contribution < -0.4 is 0 Å². The first-order valence-corrected chi connectivity index (χ1v) is 6.63. The van der Waals surface area contributed by atoms with Gasteiger partial charge >= 0.3 is 0 Å². The highest BCUT2D eigenvalue weighted by molar-refractivity contribution is 6.30. The lowest BCUT2D eigenvalue weighted by molar-refractivity contribution is 0.0132. The highest BCUT2D eigenvalue weighted by atomic mass is 35.5. The van der Waals surface area contributed by atoms with Crippen LogP contribution in [0, 0.1) is 0 Å². The second kappa shape index (κ2) is 6.42. The molecule has 0 spiro atoms. The topological polar surface area (TPSA) is 9.23 Å². The van der Waals surface area contributed by atoms with Gasteiger partial charge in [-0.25, -0.2) is 0 Å². The van der Waals surface area contributed by atoms with Crippen molar-refractivity contribution in [3.05, 3.63) is 34.9 Å². The van der Waals surface area contributed by atoms with Gasteiger partial charge in [0.2, 0.25) is 0 Å². The zero-order valence-electron chi connectivity index (χ0n) is 11.3. The molecule has 0 heterocycles. The summed E-state index contributed by atoms with van der Waals surface area (Å²) in [4.78, 5) is 0. The van der Waals surface area contributed by atoms with Crippen molar-refractivity contribution < 1.29 is 4.74 Å². The summed E-state index contributed by atoms with van der Waals surface area (Å²) in [7, 11) is 1.78. The molecule has 0 N–H and O–H groups in total. The van der Waals surface area contributed by atoms with Crippen molar-refractivity contribution in [1.82, 2.24) is 0 Å². The summed E-state index contributed by atoms with van der Waals surface area (Å²) >= 11 is 5.88. The molecule has 2 heteroatoms. The molecule has 0 bridgehead atoms. The maximum Gasteiger partial charge on any atom is 0.0622 e. The van der Waals surface area contributed by atoms with Crippen LogP contribution in [0.3, 0.4) is 0 Å². The highest BCUT2D eigenvalue weighted by Gasteiger charge is 2.16. The summed E-state index contributed by atoms with van der Waals surface area (Å²) in [5.74, 6) is 0.583. The quantitative estimate of drug-likeness (QED) is 0.691. The third-order valence-corrected chi connectivity index (χ3v) is 3.66. The predicted octanol–water partition coefficient (Wildman–Crippen LogP) is 5.04. The first-order valence-electron chi connectivity index (χ1n) is 6.25. The fourth-order valence-electron chi connectivity index (χ4n) is 1.89. The largest absolute Gasteiger partial charge is 0.379 e. The number of halogens is 1. The molecule has 0 aliphatic carbocycles. The minimum absolute atomic E-state index is 0.000282. The van der Waals surface area contributed by atoms with Crippen LogP contribution >= 0.6 is 11.6 Å². The van der Waals surface area contributed by atoms with Crippen LogP contribution in [0.4, 0.5) is 0 Å². The van der Waals surface area contributed by atoms with Crippen molar-refractivity contribution in [1.29, 1.82) is 0 Å². The van der Waals surface area contributed by atoms with Crippen LogP contribution in [-0.4, -0.2) is 12.7 Å². The van der Waals surface area contributed by atoms with E-state index in [1.54, 1.807) is 7.11 Å². The summed E-state index contributed by atoms with van der Waals surface area (Å²) in [6.45, 7) is 6.54. The van der Waals surface area contributed by atoms with Gasteiger partial charge in [0, 0.05) is 12.1 Å². The number of methoxy groups -OCH3 is 1. The average Bonchev–Trinajstić information content (AvgIpc) is 2.29. The molecule has 0 saturated carbocycles. The van der Waals surface area contributed by atoms with E-state index in [1.165, 1.54) is 18.4 Å².